The molecule has 1 aromatic rings. The third-order valence-corrected chi connectivity index (χ3v) is 4.37. The second-order valence-electron chi connectivity index (χ2n) is 6.00. The van der Waals surface area contributed by atoms with Gasteiger partial charge in [0.1, 0.15) is 0 Å². The number of hydrogen-bond acceptors (Lipinski definition) is 3. The predicted octanol–water partition coefficient (Wildman–Crippen LogP) is 4.73. The summed E-state index contributed by atoms with van der Waals surface area (Å²) < 4.78 is 5.56. The smallest absolute Gasteiger partial charge is 0.233 e. The van der Waals surface area contributed by atoms with Crippen LogP contribution in [-0.4, -0.2) is 16.8 Å². The number of hydrogen-bond donors (Lipinski definition) is 0. The van der Waals surface area contributed by atoms with Gasteiger partial charge in [-0.25, -0.2) is 0 Å². The molecule has 1 aliphatic rings. The van der Waals surface area contributed by atoms with Crippen molar-refractivity contribution >= 4 is 0 Å². The lowest BCUT2D eigenvalue weighted by Crippen LogP contribution is -2.14. The lowest BCUT2D eigenvalue weighted by atomic mass is 9.79. The number of rotatable bonds is 7. The van der Waals surface area contributed by atoms with E-state index in [9.17, 15) is 0 Å². The molecule has 0 bridgehead atoms. The van der Waals surface area contributed by atoms with Gasteiger partial charge in [0.2, 0.25) is 5.88 Å². The Labute approximate surface area is 123 Å². The molecule has 0 spiro atoms. The average Bonchev–Trinajstić information content (AvgIpc) is 2.49. The highest BCUT2D eigenvalue weighted by molar-refractivity contribution is 5.15. The Morgan fingerprint density at radius 1 is 1.05 bits per heavy atom. The topological polar surface area (TPSA) is 35.0 Å². The summed E-state index contributed by atoms with van der Waals surface area (Å²) >= 11 is 0. The molecule has 112 valence electrons. The predicted molar refractivity (Wildman–Crippen MR) is 82.0 cm³/mol. The van der Waals surface area contributed by atoms with Crippen molar-refractivity contribution in [2.24, 2.45) is 5.92 Å². The highest BCUT2D eigenvalue weighted by atomic mass is 16.5. The molecule has 1 aromatic heterocycles. The standard InChI is InChI=1S/C17H28N2O/c1-3-5-13-20-17-12-11-16(18-19-17)15-9-7-14(6-4-2)8-10-15/h11-12,14-15H,3-10,13H2,1-2H3. The van der Waals surface area contributed by atoms with Crippen LogP contribution in [0.3, 0.4) is 0 Å². The fourth-order valence-corrected chi connectivity index (χ4v) is 3.10. The molecule has 0 saturated heterocycles. The molecule has 0 amide bonds. The maximum atomic E-state index is 5.56. The van der Waals surface area contributed by atoms with Gasteiger partial charge in [0, 0.05) is 12.0 Å². The third kappa shape index (κ3) is 4.46. The maximum Gasteiger partial charge on any atom is 0.233 e. The van der Waals surface area contributed by atoms with Crippen molar-refractivity contribution in [1.29, 1.82) is 0 Å². The Bertz CT molecular complexity index is 369. The van der Waals surface area contributed by atoms with E-state index in [-0.39, 0.29) is 0 Å². The van der Waals surface area contributed by atoms with Crippen molar-refractivity contribution in [2.75, 3.05) is 6.61 Å². The van der Waals surface area contributed by atoms with Crippen LogP contribution in [0.5, 0.6) is 5.88 Å². The Balaban J connectivity index is 1.81. The van der Waals surface area contributed by atoms with Crippen LogP contribution in [0.2, 0.25) is 0 Å². The van der Waals surface area contributed by atoms with Crippen molar-refractivity contribution in [3.8, 4) is 5.88 Å². The minimum Gasteiger partial charge on any atom is -0.477 e. The molecule has 1 fully saturated rings. The number of unbranched alkanes of at least 4 members (excludes halogenated alkanes) is 1. The Hall–Kier alpha value is -1.12. The van der Waals surface area contributed by atoms with Gasteiger partial charge in [-0.2, -0.15) is 5.10 Å². The first-order chi connectivity index (χ1) is 9.83. The van der Waals surface area contributed by atoms with E-state index in [1.807, 2.05) is 6.07 Å². The van der Waals surface area contributed by atoms with E-state index < -0.39 is 0 Å². The summed E-state index contributed by atoms with van der Waals surface area (Å²) in [5.41, 5.74) is 1.16. The largest absolute Gasteiger partial charge is 0.477 e. The quantitative estimate of drug-likeness (QED) is 0.675. The van der Waals surface area contributed by atoms with Crippen LogP contribution < -0.4 is 4.74 Å². The van der Waals surface area contributed by atoms with Gasteiger partial charge < -0.3 is 4.74 Å². The molecular formula is C17H28N2O. The van der Waals surface area contributed by atoms with Crippen LogP contribution in [0, 0.1) is 5.92 Å². The Kier molecular flexibility index (Phi) is 6.28. The van der Waals surface area contributed by atoms with E-state index in [4.69, 9.17) is 4.74 Å². The van der Waals surface area contributed by atoms with Crippen LogP contribution in [0.4, 0.5) is 0 Å². The molecule has 2 rings (SSSR count). The maximum absolute atomic E-state index is 5.56. The van der Waals surface area contributed by atoms with Gasteiger partial charge >= 0.3 is 0 Å². The molecule has 0 aliphatic heterocycles. The lowest BCUT2D eigenvalue weighted by Gasteiger charge is -2.27. The molecule has 3 heteroatoms. The second-order valence-corrected chi connectivity index (χ2v) is 6.00. The highest BCUT2D eigenvalue weighted by Crippen LogP contribution is 2.36. The van der Waals surface area contributed by atoms with E-state index >= 15 is 0 Å². The summed E-state index contributed by atoms with van der Waals surface area (Å²) in [6.45, 7) is 5.19. The molecule has 3 nitrogen and oxygen atoms in total. The molecule has 1 heterocycles. The molecule has 1 aliphatic carbocycles. The Morgan fingerprint density at radius 3 is 2.45 bits per heavy atom. The molecular weight excluding hydrogens is 248 g/mol. The monoisotopic (exact) mass is 276 g/mol. The average molecular weight is 276 g/mol. The van der Waals surface area contributed by atoms with Crippen LogP contribution in [-0.2, 0) is 0 Å². The summed E-state index contributed by atoms with van der Waals surface area (Å²) in [4.78, 5) is 0. The van der Waals surface area contributed by atoms with E-state index in [1.165, 1.54) is 38.5 Å². The van der Waals surface area contributed by atoms with Gasteiger partial charge in [0.25, 0.3) is 0 Å². The third-order valence-electron chi connectivity index (χ3n) is 4.37. The van der Waals surface area contributed by atoms with Crippen LogP contribution in [0.15, 0.2) is 12.1 Å². The lowest BCUT2D eigenvalue weighted by molar-refractivity contribution is 0.289. The van der Waals surface area contributed by atoms with Crippen molar-refractivity contribution in [3.05, 3.63) is 17.8 Å². The van der Waals surface area contributed by atoms with Crippen LogP contribution in [0.25, 0.3) is 0 Å². The van der Waals surface area contributed by atoms with Crippen LogP contribution >= 0.6 is 0 Å². The second kappa shape index (κ2) is 8.23. The minimum absolute atomic E-state index is 0.611. The van der Waals surface area contributed by atoms with Gasteiger partial charge in [-0.3, -0.25) is 0 Å². The first kappa shape index (κ1) is 15.3. The number of aromatic nitrogens is 2. The van der Waals surface area contributed by atoms with E-state index in [0.717, 1.165) is 31.1 Å². The van der Waals surface area contributed by atoms with E-state index in [2.05, 4.69) is 30.1 Å². The molecule has 20 heavy (non-hydrogen) atoms. The zero-order valence-electron chi connectivity index (χ0n) is 13.0. The van der Waals surface area contributed by atoms with Crippen LogP contribution in [0.1, 0.15) is 76.8 Å². The van der Waals surface area contributed by atoms with Crippen molar-refractivity contribution in [1.82, 2.24) is 10.2 Å². The summed E-state index contributed by atoms with van der Waals surface area (Å²) in [5.74, 6) is 2.23. The molecule has 1 saturated carbocycles. The molecule has 0 unspecified atom stereocenters. The van der Waals surface area contributed by atoms with E-state index in [0.29, 0.717) is 11.8 Å². The Morgan fingerprint density at radius 2 is 1.85 bits per heavy atom. The summed E-state index contributed by atoms with van der Waals surface area (Å²) in [6.07, 6.45) is 10.2. The summed E-state index contributed by atoms with van der Waals surface area (Å²) in [7, 11) is 0. The van der Waals surface area contributed by atoms with E-state index in [1.54, 1.807) is 0 Å². The fourth-order valence-electron chi connectivity index (χ4n) is 3.10. The van der Waals surface area contributed by atoms with Crippen molar-refractivity contribution in [3.63, 3.8) is 0 Å². The van der Waals surface area contributed by atoms with Gasteiger partial charge in [-0.15, -0.1) is 5.10 Å². The SMILES string of the molecule is CCCCOc1ccc(C2CCC(CCC)CC2)nn1. The zero-order chi connectivity index (χ0) is 14.2. The highest BCUT2D eigenvalue weighted by Gasteiger charge is 2.22. The first-order valence-electron chi connectivity index (χ1n) is 8.29. The van der Waals surface area contributed by atoms with Gasteiger partial charge in [-0.1, -0.05) is 33.1 Å². The van der Waals surface area contributed by atoms with Gasteiger partial charge in [0.15, 0.2) is 0 Å². The molecule has 0 radical (unpaired) electrons. The fraction of sp³-hybridized carbons (Fsp3) is 0.765. The minimum atomic E-state index is 0.611. The number of ether oxygens (including phenoxy) is 1. The summed E-state index contributed by atoms with van der Waals surface area (Å²) in [6, 6.07) is 4.09. The van der Waals surface area contributed by atoms with Crippen molar-refractivity contribution in [2.45, 2.75) is 71.1 Å². The van der Waals surface area contributed by atoms with Gasteiger partial charge in [0.05, 0.1) is 12.3 Å². The van der Waals surface area contributed by atoms with Crippen molar-refractivity contribution < 1.29 is 4.74 Å². The molecule has 0 N–H and O–H groups in total. The number of nitrogens with zero attached hydrogens (tertiary/aromatic N) is 2. The normalized spacial score (nSPS) is 22.7. The first-order valence-corrected chi connectivity index (χ1v) is 8.29. The molecule has 0 atom stereocenters. The molecule has 0 aromatic carbocycles. The summed E-state index contributed by atoms with van der Waals surface area (Å²) in [5, 5.41) is 8.59. The van der Waals surface area contributed by atoms with Gasteiger partial charge in [-0.05, 0) is 44.1 Å². The zero-order valence-corrected chi connectivity index (χ0v) is 13.0.